The predicted molar refractivity (Wildman–Crippen MR) is 120 cm³/mol. The van der Waals surface area contributed by atoms with Gasteiger partial charge in [-0.3, -0.25) is 4.79 Å². The molecule has 29 heavy (non-hydrogen) atoms. The third-order valence-electron chi connectivity index (χ3n) is 4.28. The second kappa shape index (κ2) is 8.52. The van der Waals surface area contributed by atoms with E-state index in [9.17, 15) is 4.79 Å². The fourth-order valence-electron chi connectivity index (χ4n) is 2.77. The molecular weight excluding hydrogens is 474 g/mol. The van der Waals surface area contributed by atoms with Gasteiger partial charge in [0, 0.05) is 15.2 Å². The van der Waals surface area contributed by atoms with Crippen LogP contribution >= 0.6 is 39.3 Å². The van der Waals surface area contributed by atoms with Crippen molar-refractivity contribution in [1.29, 1.82) is 0 Å². The molecule has 0 saturated heterocycles. The Kier molecular flexibility index (Phi) is 5.84. The number of anilines is 1. The van der Waals surface area contributed by atoms with Gasteiger partial charge in [0.1, 0.15) is 11.4 Å². The topological polar surface area (TPSA) is 72.7 Å². The second-order valence-electron chi connectivity index (χ2n) is 6.20. The Hall–Kier alpha value is -2.42. The van der Waals surface area contributed by atoms with Crippen LogP contribution in [-0.2, 0) is 4.79 Å². The average molecular weight is 489 g/mol. The first-order chi connectivity index (χ1) is 14.0. The molecule has 2 heterocycles. The lowest BCUT2D eigenvalue weighted by Crippen LogP contribution is -2.15. The SMILES string of the molecule is Cc1c(Cl)cccc1NC(=O)CSc1ncnc2c1cnn2-c1ccc(Br)cc1. The van der Waals surface area contributed by atoms with E-state index in [4.69, 9.17) is 11.6 Å². The van der Waals surface area contributed by atoms with E-state index in [-0.39, 0.29) is 11.7 Å². The number of amides is 1. The molecule has 9 heteroatoms. The number of hydrogen-bond donors (Lipinski definition) is 1. The van der Waals surface area contributed by atoms with Gasteiger partial charge in [0.05, 0.1) is 23.0 Å². The molecule has 0 spiro atoms. The van der Waals surface area contributed by atoms with E-state index in [2.05, 4.69) is 36.3 Å². The summed E-state index contributed by atoms with van der Waals surface area (Å²) >= 11 is 10.9. The summed E-state index contributed by atoms with van der Waals surface area (Å²) in [5, 5.41) is 9.46. The lowest BCUT2D eigenvalue weighted by Gasteiger charge is -2.09. The maximum Gasteiger partial charge on any atom is 0.234 e. The number of thioether (sulfide) groups is 1. The molecule has 0 bridgehead atoms. The van der Waals surface area contributed by atoms with Crippen molar-refractivity contribution in [3.05, 3.63) is 70.0 Å². The summed E-state index contributed by atoms with van der Waals surface area (Å²) in [5.74, 6) is 0.0778. The van der Waals surface area contributed by atoms with Crippen LogP contribution in [0, 0.1) is 6.92 Å². The van der Waals surface area contributed by atoms with E-state index in [1.165, 1.54) is 18.1 Å². The molecule has 0 saturated carbocycles. The molecule has 6 nitrogen and oxygen atoms in total. The number of hydrogen-bond acceptors (Lipinski definition) is 5. The summed E-state index contributed by atoms with van der Waals surface area (Å²) in [5.41, 5.74) is 3.13. The van der Waals surface area contributed by atoms with Crippen LogP contribution in [0.1, 0.15) is 5.56 Å². The van der Waals surface area contributed by atoms with Crippen molar-refractivity contribution in [2.75, 3.05) is 11.1 Å². The zero-order chi connectivity index (χ0) is 20.4. The van der Waals surface area contributed by atoms with Gasteiger partial charge in [-0.25, -0.2) is 14.6 Å². The van der Waals surface area contributed by atoms with E-state index in [1.54, 1.807) is 16.9 Å². The van der Waals surface area contributed by atoms with Crippen molar-refractivity contribution in [2.24, 2.45) is 0 Å². The highest BCUT2D eigenvalue weighted by atomic mass is 79.9. The number of carbonyl (C=O) groups is 1. The highest BCUT2D eigenvalue weighted by Gasteiger charge is 2.14. The molecule has 0 unspecified atom stereocenters. The molecular formula is C20H15BrClN5OS. The van der Waals surface area contributed by atoms with Gasteiger partial charge in [0.2, 0.25) is 5.91 Å². The first-order valence-corrected chi connectivity index (χ1v) is 10.8. The van der Waals surface area contributed by atoms with Crippen LogP contribution in [-0.4, -0.2) is 31.4 Å². The number of nitrogens with zero attached hydrogens (tertiary/aromatic N) is 4. The lowest BCUT2D eigenvalue weighted by molar-refractivity contribution is -0.113. The van der Waals surface area contributed by atoms with Gasteiger partial charge in [-0.2, -0.15) is 5.10 Å². The lowest BCUT2D eigenvalue weighted by atomic mass is 10.2. The Morgan fingerprint density at radius 2 is 2.00 bits per heavy atom. The van der Waals surface area contributed by atoms with Crippen molar-refractivity contribution in [2.45, 2.75) is 11.9 Å². The van der Waals surface area contributed by atoms with Crippen molar-refractivity contribution >= 4 is 61.9 Å². The standard InChI is InChI=1S/C20H15BrClN5OS/c1-12-16(22)3-2-4-17(12)26-18(28)10-29-20-15-9-25-27(19(15)23-11-24-20)14-7-5-13(21)6-8-14/h2-9,11H,10H2,1H3,(H,26,28). The molecule has 0 aliphatic rings. The fraction of sp³-hybridized carbons (Fsp3) is 0.100. The normalized spacial score (nSPS) is 11.0. The number of rotatable bonds is 5. The summed E-state index contributed by atoms with van der Waals surface area (Å²) in [7, 11) is 0. The fourth-order valence-corrected chi connectivity index (χ4v) is 3.97. The number of fused-ring (bicyclic) bond motifs is 1. The summed E-state index contributed by atoms with van der Waals surface area (Å²) in [6, 6.07) is 13.2. The quantitative estimate of drug-likeness (QED) is 0.306. The van der Waals surface area contributed by atoms with Crippen LogP contribution in [0.25, 0.3) is 16.7 Å². The van der Waals surface area contributed by atoms with Crippen LogP contribution < -0.4 is 5.32 Å². The highest BCUT2D eigenvalue weighted by molar-refractivity contribution is 9.10. The summed E-state index contributed by atoms with van der Waals surface area (Å²) in [6.07, 6.45) is 3.21. The number of benzene rings is 2. The van der Waals surface area contributed by atoms with Gasteiger partial charge >= 0.3 is 0 Å². The number of halogens is 2. The Bertz CT molecular complexity index is 1200. The molecule has 0 radical (unpaired) electrons. The third-order valence-corrected chi connectivity index (χ3v) is 6.23. The molecule has 4 rings (SSSR count). The molecule has 0 fully saturated rings. The Morgan fingerprint density at radius 1 is 1.21 bits per heavy atom. The van der Waals surface area contributed by atoms with Crippen molar-refractivity contribution in [1.82, 2.24) is 19.7 Å². The minimum Gasteiger partial charge on any atom is -0.325 e. The van der Waals surface area contributed by atoms with Crippen LogP contribution in [0.3, 0.4) is 0 Å². The van der Waals surface area contributed by atoms with Crippen molar-refractivity contribution in [3.63, 3.8) is 0 Å². The Labute approximate surface area is 184 Å². The second-order valence-corrected chi connectivity index (χ2v) is 8.49. The van der Waals surface area contributed by atoms with E-state index >= 15 is 0 Å². The van der Waals surface area contributed by atoms with E-state index in [1.807, 2.05) is 43.3 Å². The summed E-state index contributed by atoms with van der Waals surface area (Å²) in [6.45, 7) is 1.87. The molecule has 0 aliphatic heterocycles. The van der Waals surface area contributed by atoms with Crippen LogP contribution in [0.15, 0.2) is 64.5 Å². The molecule has 1 amide bonds. The predicted octanol–water partition coefficient (Wildman–Crippen LogP) is 5.27. The smallest absolute Gasteiger partial charge is 0.234 e. The van der Waals surface area contributed by atoms with Gasteiger partial charge in [0.15, 0.2) is 5.65 Å². The van der Waals surface area contributed by atoms with E-state index in [0.29, 0.717) is 21.4 Å². The molecule has 2 aromatic heterocycles. The molecule has 4 aromatic rings. The maximum atomic E-state index is 12.4. The van der Waals surface area contributed by atoms with Gasteiger partial charge < -0.3 is 5.32 Å². The number of nitrogens with one attached hydrogen (secondary N) is 1. The highest BCUT2D eigenvalue weighted by Crippen LogP contribution is 2.27. The maximum absolute atomic E-state index is 12.4. The first kappa shape index (κ1) is 19.9. The monoisotopic (exact) mass is 487 g/mol. The Balaban J connectivity index is 1.52. The minimum absolute atomic E-state index is 0.132. The largest absolute Gasteiger partial charge is 0.325 e. The average Bonchev–Trinajstić information content (AvgIpc) is 3.15. The minimum atomic E-state index is -0.132. The van der Waals surface area contributed by atoms with Crippen molar-refractivity contribution in [3.8, 4) is 5.69 Å². The molecule has 2 aromatic carbocycles. The van der Waals surface area contributed by atoms with Gasteiger partial charge in [-0.15, -0.1) is 0 Å². The molecule has 1 N–H and O–H groups in total. The van der Waals surface area contributed by atoms with Crippen LogP contribution in [0.4, 0.5) is 5.69 Å². The number of aromatic nitrogens is 4. The zero-order valence-corrected chi connectivity index (χ0v) is 18.4. The molecule has 0 aliphatic carbocycles. The van der Waals surface area contributed by atoms with Crippen molar-refractivity contribution < 1.29 is 4.79 Å². The summed E-state index contributed by atoms with van der Waals surface area (Å²) in [4.78, 5) is 21.1. The van der Waals surface area contributed by atoms with Gasteiger partial charge in [-0.05, 0) is 48.9 Å². The molecule has 146 valence electrons. The number of carbonyl (C=O) groups excluding carboxylic acids is 1. The van der Waals surface area contributed by atoms with Crippen LogP contribution in [0.2, 0.25) is 5.02 Å². The van der Waals surface area contributed by atoms with E-state index < -0.39 is 0 Å². The van der Waals surface area contributed by atoms with E-state index in [0.717, 1.165) is 21.1 Å². The first-order valence-electron chi connectivity index (χ1n) is 8.65. The van der Waals surface area contributed by atoms with Gasteiger partial charge in [0.25, 0.3) is 0 Å². The Morgan fingerprint density at radius 3 is 2.79 bits per heavy atom. The molecule has 0 atom stereocenters. The summed E-state index contributed by atoms with van der Waals surface area (Å²) < 4.78 is 2.74. The van der Waals surface area contributed by atoms with Crippen LogP contribution in [0.5, 0.6) is 0 Å². The zero-order valence-electron chi connectivity index (χ0n) is 15.3. The van der Waals surface area contributed by atoms with Gasteiger partial charge in [-0.1, -0.05) is 45.4 Å². The third kappa shape index (κ3) is 4.29.